The van der Waals surface area contributed by atoms with Crippen molar-refractivity contribution in [2.75, 3.05) is 6.61 Å². The molecule has 0 saturated heterocycles. The van der Waals surface area contributed by atoms with Crippen molar-refractivity contribution in [2.45, 2.75) is 46.2 Å². The van der Waals surface area contributed by atoms with E-state index in [0.29, 0.717) is 10.9 Å². The lowest BCUT2D eigenvalue weighted by molar-refractivity contribution is -0.148. The van der Waals surface area contributed by atoms with Gasteiger partial charge in [0, 0.05) is 6.54 Å². The summed E-state index contributed by atoms with van der Waals surface area (Å²) in [6, 6.07) is 13.2. The van der Waals surface area contributed by atoms with Crippen molar-refractivity contribution < 1.29 is 14.3 Å². The van der Waals surface area contributed by atoms with Gasteiger partial charge in [-0.1, -0.05) is 43.3 Å². The minimum atomic E-state index is -0.550. The molecule has 7 heteroatoms. The number of aromatic nitrogens is 2. The van der Waals surface area contributed by atoms with Crippen molar-refractivity contribution in [3.05, 3.63) is 75.8 Å². The number of benzene rings is 2. The summed E-state index contributed by atoms with van der Waals surface area (Å²) in [5, 5.41) is 3.33. The van der Waals surface area contributed by atoms with Crippen LogP contribution in [0.4, 0.5) is 0 Å². The number of hydrogen-bond donors (Lipinski definition) is 1. The van der Waals surface area contributed by atoms with E-state index in [9.17, 15) is 14.4 Å². The molecule has 0 spiro atoms. The first-order valence-electron chi connectivity index (χ1n) is 10.4. The van der Waals surface area contributed by atoms with Gasteiger partial charge in [-0.15, -0.1) is 0 Å². The molecule has 162 valence electrons. The van der Waals surface area contributed by atoms with Crippen LogP contribution in [0.2, 0.25) is 0 Å². The molecule has 0 bridgehead atoms. The molecule has 1 atom stereocenters. The number of hydrogen-bond acceptors (Lipinski definition) is 5. The third-order valence-corrected chi connectivity index (χ3v) is 5.24. The molecule has 3 aromatic rings. The number of nitrogens with one attached hydrogen (secondary N) is 1. The molecule has 7 nitrogen and oxygen atoms in total. The summed E-state index contributed by atoms with van der Waals surface area (Å²) >= 11 is 0. The Hall–Kier alpha value is -3.48. The first-order chi connectivity index (χ1) is 14.9. The van der Waals surface area contributed by atoms with Gasteiger partial charge in [0.15, 0.2) is 6.61 Å². The Bertz CT molecular complexity index is 1140. The minimum absolute atomic E-state index is 0.0276. The quantitative estimate of drug-likeness (QED) is 0.565. The van der Waals surface area contributed by atoms with Crippen LogP contribution in [-0.2, 0) is 27.3 Å². The van der Waals surface area contributed by atoms with Gasteiger partial charge in [-0.05, 0) is 43.0 Å². The Kier molecular flexibility index (Phi) is 7.18. The fourth-order valence-electron chi connectivity index (χ4n) is 3.34. The zero-order valence-corrected chi connectivity index (χ0v) is 18.1. The third-order valence-electron chi connectivity index (χ3n) is 5.24. The van der Waals surface area contributed by atoms with E-state index in [1.807, 2.05) is 44.2 Å². The van der Waals surface area contributed by atoms with E-state index in [2.05, 4.69) is 17.2 Å². The van der Waals surface area contributed by atoms with Gasteiger partial charge < -0.3 is 10.1 Å². The number of nitrogens with zero attached hydrogens (tertiary/aromatic N) is 2. The van der Waals surface area contributed by atoms with Crippen LogP contribution in [0.5, 0.6) is 0 Å². The number of fused-ring (bicyclic) bond motifs is 1. The second-order valence-electron chi connectivity index (χ2n) is 7.51. The summed E-state index contributed by atoms with van der Waals surface area (Å²) in [6.45, 7) is 5.63. The van der Waals surface area contributed by atoms with Crippen LogP contribution in [0.25, 0.3) is 10.9 Å². The molecule has 0 radical (unpaired) electrons. The van der Waals surface area contributed by atoms with Crippen molar-refractivity contribution in [3.63, 3.8) is 0 Å². The monoisotopic (exact) mass is 421 g/mol. The Morgan fingerprint density at radius 1 is 1.16 bits per heavy atom. The summed E-state index contributed by atoms with van der Waals surface area (Å²) in [7, 11) is 0. The maximum atomic E-state index is 12.6. The molecule has 0 fully saturated rings. The molecule has 0 aliphatic carbocycles. The van der Waals surface area contributed by atoms with Crippen LogP contribution in [-0.4, -0.2) is 28.0 Å². The summed E-state index contributed by atoms with van der Waals surface area (Å²) in [5.41, 5.74) is 3.58. The van der Waals surface area contributed by atoms with Gasteiger partial charge in [0.25, 0.3) is 11.5 Å². The molecular formula is C24H27N3O4. The molecule has 1 N–H and O–H groups in total. The van der Waals surface area contributed by atoms with Crippen LogP contribution in [0.3, 0.4) is 0 Å². The number of aryl methyl sites for hydroxylation is 3. The second-order valence-corrected chi connectivity index (χ2v) is 7.51. The predicted molar refractivity (Wildman–Crippen MR) is 119 cm³/mol. The smallest absolute Gasteiger partial charge is 0.308 e. The topological polar surface area (TPSA) is 90.3 Å². The highest BCUT2D eigenvalue weighted by Gasteiger charge is 2.13. The van der Waals surface area contributed by atoms with Crippen molar-refractivity contribution in [3.8, 4) is 0 Å². The standard InChI is InChI=1S/C24H27N3O4/c1-4-18-8-10-19(11-9-18)17(3)26-21(28)14-31-22(29)12-13-27-15-25-23-16(2)6-5-7-20(23)24(27)30/h5-11,15,17H,4,12-14H2,1-3H3,(H,26,28). The van der Waals surface area contributed by atoms with Gasteiger partial charge in [0.05, 0.1) is 29.7 Å². The molecule has 2 aromatic carbocycles. The van der Waals surface area contributed by atoms with Gasteiger partial charge in [-0.25, -0.2) is 4.98 Å². The summed E-state index contributed by atoms with van der Waals surface area (Å²) in [5.74, 6) is -0.924. The van der Waals surface area contributed by atoms with Crippen molar-refractivity contribution in [1.82, 2.24) is 14.9 Å². The summed E-state index contributed by atoms with van der Waals surface area (Å²) in [6.07, 6.45) is 2.36. The number of esters is 1. The van der Waals surface area contributed by atoms with Crippen LogP contribution in [0.15, 0.2) is 53.6 Å². The molecule has 1 heterocycles. The lowest BCUT2D eigenvalue weighted by Crippen LogP contribution is -2.31. The van der Waals surface area contributed by atoms with Gasteiger partial charge in [-0.3, -0.25) is 19.0 Å². The van der Waals surface area contributed by atoms with E-state index in [4.69, 9.17) is 4.74 Å². The van der Waals surface area contributed by atoms with Crippen LogP contribution in [0, 0.1) is 6.92 Å². The normalized spacial score (nSPS) is 11.8. The van der Waals surface area contributed by atoms with Gasteiger partial charge in [0.2, 0.25) is 0 Å². The fraction of sp³-hybridized carbons (Fsp3) is 0.333. The molecule has 3 rings (SSSR count). The third kappa shape index (κ3) is 5.57. The molecule has 1 unspecified atom stereocenters. The largest absolute Gasteiger partial charge is 0.456 e. The maximum Gasteiger partial charge on any atom is 0.308 e. The number of amides is 1. The van der Waals surface area contributed by atoms with Crippen LogP contribution >= 0.6 is 0 Å². The molecular weight excluding hydrogens is 394 g/mol. The summed E-state index contributed by atoms with van der Waals surface area (Å²) in [4.78, 5) is 41.0. The SMILES string of the molecule is CCc1ccc(C(C)NC(=O)COC(=O)CCn2cnc3c(C)cccc3c2=O)cc1. The van der Waals surface area contributed by atoms with E-state index in [1.165, 1.54) is 16.5 Å². The van der Waals surface area contributed by atoms with Crippen molar-refractivity contribution in [1.29, 1.82) is 0 Å². The molecule has 31 heavy (non-hydrogen) atoms. The number of para-hydroxylation sites is 1. The van der Waals surface area contributed by atoms with Gasteiger partial charge >= 0.3 is 5.97 Å². The Balaban J connectivity index is 1.48. The van der Waals surface area contributed by atoms with Gasteiger partial charge in [0.1, 0.15) is 0 Å². The first-order valence-corrected chi connectivity index (χ1v) is 10.4. The average Bonchev–Trinajstić information content (AvgIpc) is 2.77. The highest BCUT2D eigenvalue weighted by molar-refractivity contribution is 5.81. The minimum Gasteiger partial charge on any atom is -0.456 e. The zero-order chi connectivity index (χ0) is 22.4. The number of rotatable bonds is 8. The molecule has 0 aliphatic rings. The van der Waals surface area contributed by atoms with E-state index in [1.54, 1.807) is 12.1 Å². The maximum absolute atomic E-state index is 12.6. The fourth-order valence-corrected chi connectivity index (χ4v) is 3.34. The van der Waals surface area contributed by atoms with E-state index >= 15 is 0 Å². The Morgan fingerprint density at radius 2 is 1.90 bits per heavy atom. The molecule has 0 aliphatic heterocycles. The predicted octanol–water partition coefficient (Wildman–Crippen LogP) is 3.08. The van der Waals surface area contributed by atoms with E-state index < -0.39 is 5.97 Å². The van der Waals surface area contributed by atoms with Gasteiger partial charge in [-0.2, -0.15) is 0 Å². The number of carbonyl (C=O) groups excluding carboxylic acids is 2. The number of carbonyl (C=O) groups is 2. The number of ether oxygens (including phenoxy) is 1. The molecule has 0 saturated carbocycles. The lowest BCUT2D eigenvalue weighted by atomic mass is 10.1. The highest BCUT2D eigenvalue weighted by Crippen LogP contribution is 2.14. The van der Waals surface area contributed by atoms with Crippen molar-refractivity contribution >= 4 is 22.8 Å². The Morgan fingerprint density at radius 3 is 2.61 bits per heavy atom. The van der Waals surface area contributed by atoms with E-state index in [0.717, 1.165) is 17.5 Å². The average molecular weight is 421 g/mol. The van der Waals surface area contributed by atoms with Crippen LogP contribution in [0.1, 0.15) is 43.0 Å². The first kappa shape index (κ1) is 22.2. The summed E-state index contributed by atoms with van der Waals surface area (Å²) < 4.78 is 6.44. The molecule has 1 aromatic heterocycles. The van der Waals surface area contributed by atoms with Crippen LogP contribution < -0.4 is 10.9 Å². The molecule has 1 amide bonds. The zero-order valence-electron chi connectivity index (χ0n) is 18.1. The second kappa shape index (κ2) is 10.0. The van der Waals surface area contributed by atoms with E-state index in [-0.39, 0.29) is 37.1 Å². The Labute approximate surface area is 181 Å². The highest BCUT2D eigenvalue weighted by atomic mass is 16.5. The lowest BCUT2D eigenvalue weighted by Gasteiger charge is -2.15. The van der Waals surface area contributed by atoms with Crippen molar-refractivity contribution in [2.24, 2.45) is 0 Å².